The second-order valence-corrected chi connectivity index (χ2v) is 6.04. The van der Waals surface area contributed by atoms with E-state index in [9.17, 15) is 9.59 Å². The Bertz CT molecular complexity index is 864. The minimum atomic E-state index is -0.405. The highest BCUT2D eigenvalue weighted by Crippen LogP contribution is 2.33. The van der Waals surface area contributed by atoms with Gasteiger partial charge in [0, 0.05) is 11.5 Å². The standard InChI is InChI=1S/C18H15BrN2O4/c1-20-18(23)14(21-17(22)12-4-2-3-5-13(12)19)8-11-6-7-15-16(9-11)25-10-24-15/h2-9H,10H2,1H3,(H,20,23)(H,21,22)/b14-8+. The Balaban J connectivity index is 1.88. The Morgan fingerprint density at radius 1 is 1.12 bits per heavy atom. The van der Waals surface area contributed by atoms with Crippen molar-refractivity contribution >= 4 is 33.8 Å². The van der Waals surface area contributed by atoms with Crippen molar-refractivity contribution in [2.75, 3.05) is 13.8 Å². The molecule has 7 heteroatoms. The molecule has 1 aliphatic heterocycles. The van der Waals surface area contributed by atoms with E-state index in [1.807, 2.05) is 6.07 Å². The smallest absolute Gasteiger partial charge is 0.267 e. The number of rotatable bonds is 4. The molecule has 128 valence electrons. The molecule has 1 aliphatic rings. The quantitative estimate of drug-likeness (QED) is 0.770. The maximum Gasteiger partial charge on any atom is 0.267 e. The molecule has 0 atom stereocenters. The zero-order valence-electron chi connectivity index (χ0n) is 13.3. The summed E-state index contributed by atoms with van der Waals surface area (Å²) in [4.78, 5) is 24.6. The van der Waals surface area contributed by atoms with Crippen LogP contribution in [0.3, 0.4) is 0 Å². The summed E-state index contributed by atoms with van der Waals surface area (Å²) in [5, 5.41) is 5.17. The molecule has 0 saturated heterocycles. The molecule has 0 aromatic heterocycles. The van der Waals surface area contributed by atoms with Crippen LogP contribution in [0.2, 0.25) is 0 Å². The van der Waals surface area contributed by atoms with Crippen LogP contribution in [0, 0.1) is 0 Å². The molecule has 6 nitrogen and oxygen atoms in total. The van der Waals surface area contributed by atoms with Crippen LogP contribution in [0.25, 0.3) is 6.08 Å². The van der Waals surface area contributed by atoms with E-state index in [1.165, 1.54) is 7.05 Å². The predicted molar refractivity (Wildman–Crippen MR) is 96.2 cm³/mol. The van der Waals surface area contributed by atoms with Crippen molar-refractivity contribution in [3.8, 4) is 11.5 Å². The van der Waals surface area contributed by atoms with Gasteiger partial charge in [-0.1, -0.05) is 18.2 Å². The summed E-state index contributed by atoms with van der Waals surface area (Å²) in [7, 11) is 1.50. The van der Waals surface area contributed by atoms with Gasteiger partial charge >= 0.3 is 0 Å². The van der Waals surface area contributed by atoms with E-state index in [1.54, 1.807) is 42.5 Å². The predicted octanol–water partition coefficient (Wildman–Crippen LogP) is 2.69. The highest BCUT2D eigenvalue weighted by molar-refractivity contribution is 9.10. The number of carbonyl (C=O) groups is 2. The van der Waals surface area contributed by atoms with Crippen LogP contribution in [0.5, 0.6) is 11.5 Å². The van der Waals surface area contributed by atoms with Gasteiger partial charge in [0.15, 0.2) is 11.5 Å². The molecule has 2 aromatic rings. The summed E-state index contributed by atoms with van der Waals surface area (Å²) in [5.41, 5.74) is 1.26. The molecule has 2 N–H and O–H groups in total. The van der Waals surface area contributed by atoms with Gasteiger partial charge in [0.05, 0.1) is 5.56 Å². The number of ether oxygens (including phenoxy) is 2. The normalized spacial score (nSPS) is 12.6. The second-order valence-electron chi connectivity index (χ2n) is 5.18. The first-order chi connectivity index (χ1) is 12.1. The molecule has 2 amide bonds. The fourth-order valence-electron chi connectivity index (χ4n) is 2.30. The Hall–Kier alpha value is -2.80. The van der Waals surface area contributed by atoms with E-state index in [0.29, 0.717) is 27.1 Å². The van der Waals surface area contributed by atoms with E-state index in [4.69, 9.17) is 9.47 Å². The number of amides is 2. The summed E-state index contributed by atoms with van der Waals surface area (Å²) in [6.45, 7) is 0.170. The molecule has 0 saturated carbocycles. The molecule has 25 heavy (non-hydrogen) atoms. The van der Waals surface area contributed by atoms with Crippen molar-refractivity contribution in [1.29, 1.82) is 0 Å². The van der Waals surface area contributed by atoms with Crippen LogP contribution in [0.4, 0.5) is 0 Å². The average molecular weight is 403 g/mol. The van der Waals surface area contributed by atoms with Gasteiger partial charge in [-0.05, 0) is 51.8 Å². The number of benzene rings is 2. The third kappa shape index (κ3) is 3.83. The van der Waals surface area contributed by atoms with Crippen molar-refractivity contribution < 1.29 is 19.1 Å². The lowest BCUT2D eigenvalue weighted by Gasteiger charge is -2.10. The van der Waals surface area contributed by atoms with E-state index < -0.39 is 5.91 Å². The van der Waals surface area contributed by atoms with Gasteiger partial charge < -0.3 is 20.1 Å². The van der Waals surface area contributed by atoms with E-state index in [-0.39, 0.29) is 18.4 Å². The number of fused-ring (bicyclic) bond motifs is 1. The largest absolute Gasteiger partial charge is 0.454 e. The van der Waals surface area contributed by atoms with E-state index >= 15 is 0 Å². The molecule has 2 aromatic carbocycles. The van der Waals surface area contributed by atoms with Gasteiger partial charge in [-0.2, -0.15) is 0 Å². The van der Waals surface area contributed by atoms with Crippen molar-refractivity contribution in [3.05, 3.63) is 63.8 Å². The highest BCUT2D eigenvalue weighted by Gasteiger charge is 2.17. The Labute approximate surface area is 153 Å². The lowest BCUT2D eigenvalue weighted by molar-refractivity contribution is -0.117. The average Bonchev–Trinajstić information content (AvgIpc) is 3.08. The highest BCUT2D eigenvalue weighted by atomic mass is 79.9. The fourth-order valence-corrected chi connectivity index (χ4v) is 2.76. The SMILES string of the molecule is CNC(=O)/C(=C\c1ccc2c(c1)OCO2)NC(=O)c1ccccc1Br. The molecular formula is C18H15BrN2O4. The molecule has 0 fully saturated rings. The van der Waals surface area contributed by atoms with Crippen LogP contribution < -0.4 is 20.1 Å². The van der Waals surface area contributed by atoms with Crippen LogP contribution in [-0.4, -0.2) is 25.7 Å². The number of hydrogen-bond acceptors (Lipinski definition) is 4. The summed E-state index contributed by atoms with van der Waals surface area (Å²) >= 11 is 3.33. The van der Waals surface area contributed by atoms with Crippen molar-refractivity contribution in [3.63, 3.8) is 0 Å². The molecular weight excluding hydrogens is 388 g/mol. The summed E-state index contributed by atoms with van der Waals surface area (Å²) in [6.07, 6.45) is 1.58. The Morgan fingerprint density at radius 3 is 2.64 bits per heavy atom. The monoisotopic (exact) mass is 402 g/mol. The van der Waals surface area contributed by atoms with Gasteiger partial charge in [0.1, 0.15) is 5.70 Å². The van der Waals surface area contributed by atoms with E-state index in [0.717, 1.165) is 0 Å². The van der Waals surface area contributed by atoms with Gasteiger partial charge in [-0.25, -0.2) is 0 Å². The summed E-state index contributed by atoms with van der Waals surface area (Å²) < 4.78 is 11.2. The lowest BCUT2D eigenvalue weighted by atomic mass is 10.1. The molecule has 3 rings (SSSR count). The zero-order valence-corrected chi connectivity index (χ0v) is 14.9. The first-order valence-corrected chi connectivity index (χ1v) is 8.27. The molecule has 0 spiro atoms. The molecule has 0 radical (unpaired) electrons. The van der Waals surface area contributed by atoms with Crippen LogP contribution in [-0.2, 0) is 4.79 Å². The molecule has 1 heterocycles. The van der Waals surface area contributed by atoms with Crippen LogP contribution in [0.15, 0.2) is 52.6 Å². The second kappa shape index (κ2) is 7.40. The molecule has 0 aliphatic carbocycles. The number of halogens is 1. The van der Waals surface area contributed by atoms with Crippen LogP contribution >= 0.6 is 15.9 Å². The number of nitrogens with one attached hydrogen (secondary N) is 2. The van der Waals surface area contributed by atoms with Gasteiger partial charge in [0.2, 0.25) is 6.79 Å². The van der Waals surface area contributed by atoms with Crippen molar-refractivity contribution in [2.24, 2.45) is 0 Å². The first kappa shape index (κ1) is 17.0. The van der Waals surface area contributed by atoms with E-state index in [2.05, 4.69) is 26.6 Å². The topological polar surface area (TPSA) is 76.7 Å². The van der Waals surface area contributed by atoms with Crippen LogP contribution in [0.1, 0.15) is 15.9 Å². The first-order valence-electron chi connectivity index (χ1n) is 7.48. The molecule has 0 bridgehead atoms. The Kier molecular flexibility index (Phi) is 5.04. The summed E-state index contributed by atoms with van der Waals surface area (Å²) in [5.74, 6) is 0.458. The fraction of sp³-hybridized carbons (Fsp3) is 0.111. The van der Waals surface area contributed by atoms with Crippen molar-refractivity contribution in [1.82, 2.24) is 10.6 Å². The minimum absolute atomic E-state index is 0.127. The maximum absolute atomic E-state index is 12.5. The lowest BCUT2D eigenvalue weighted by Crippen LogP contribution is -2.33. The maximum atomic E-state index is 12.5. The van der Waals surface area contributed by atoms with Gasteiger partial charge in [-0.15, -0.1) is 0 Å². The summed E-state index contributed by atoms with van der Waals surface area (Å²) in [6, 6.07) is 12.3. The van der Waals surface area contributed by atoms with Crippen molar-refractivity contribution in [2.45, 2.75) is 0 Å². The molecule has 0 unspecified atom stereocenters. The minimum Gasteiger partial charge on any atom is -0.454 e. The number of likely N-dealkylation sites (N-methyl/N-ethyl adjacent to an activating group) is 1. The number of carbonyl (C=O) groups excluding carboxylic acids is 2. The third-order valence-electron chi connectivity index (χ3n) is 3.55. The third-order valence-corrected chi connectivity index (χ3v) is 4.24. The zero-order chi connectivity index (χ0) is 17.8. The number of hydrogen-bond donors (Lipinski definition) is 2. The van der Waals surface area contributed by atoms with Gasteiger partial charge in [-0.3, -0.25) is 9.59 Å². The van der Waals surface area contributed by atoms with Gasteiger partial charge in [0.25, 0.3) is 11.8 Å². The Morgan fingerprint density at radius 2 is 1.88 bits per heavy atom.